The van der Waals surface area contributed by atoms with Gasteiger partial charge in [-0.2, -0.15) is 4.58 Å². The van der Waals surface area contributed by atoms with Gasteiger partial charge in [0.05, 0.1) is 12.7 Å². The Bertz CT molecular complexity index is 2630. The van der Waals surface area contributed by atoms with Crippen molar-refractivity contribution in [2.75, 3.05) is 14.2 Å². The largest absolute Gasteiger partial charge is 0.497 e. The first-order chi connectivity index (χ1) is 29.9. The molecule has 3 nitrogen and oxygen atoms in total. The normalized spacial score (nSPS) is 12.5. The van der Waals surface area contributed by atoms with E-state index >= 15 is 35.1 Å². The topological polar surface area (TPSA) is 29.3 Å². The van der Waals surface area contributed by atoms with E-state index < -0.39 is 144 Å². The summed E-state index contributed by atoms with van der Waals surface area (Å²) in [6, 6.07) is 15.4. The lowest BCUT2D eigenvalue weighted by atomic mass is 9.12. The lowest BCUT2D eigenvalue weighted by Gasteiger charge is -2.44. The number of methoxy groups -OCH3 is 1. The number of carbonyl (C=O) groups is 1. The Morgan fingerprint density at radius 2 is 0.625 bits per heavy atom. The van der Waals surface area contributed by atoms with E-state index in [9.17, 15) is 57.5 Å². The van der Waals surface area contributed by atoms with Gasteiger partial charge >= 0.3 is 5.91 Å². The van der Waals surface area contributed by atoms with Crippen LogP contribution in [0.15, 0.2) is 48.5 Å². The van der Waals surface area contributed by atoms with Crippen LogP contribution in [0, 0.1) is 116 Å². The number of ether oxygens (including phenoxy) is 1. The lowest BCUT2D eigenvalue weighted by Crippen LogP contribution is -2.81. The molecule has 0 saturated carbocycles. The molecule has 64 heavy (non-hydrogen) atoms. The van der Waals surface area contributed by atoms with Crippen LogP contribution in [0.1, 0.15) is 21.5 Å². The van der Waals surface area contributed by atoms with Crippen LogP contribution in [0.3, 0.4) is 0 Å². The first-order valence-corrected chi connectivity index (χ1v) is 17.0. The van der Waals surface area contributed by atoms with Crippen LogP contribution in [0.4, 0.5) is 87.8 Å². The van der Waals surface area contributed by atoms with Crippen LogP contribution < -0.4 is 26.6 Å². The van der Waals surface area contributed by atoms with Crippen molar-refractivity contribution in [1.29, 1.82) is 0 Å². The second-order valence-electron chi connectivity index (χ2n) is 13.3. The second kappa shape index (κ2) is 16.7. The first kappa shape index (κ1) is 46.6. The van der Waals surface area contributed by atoms with Gasteiger partial charge < -0.3 is 4.74 Å². The number of amides is 1. The number of rotatable bonds is 6. The molecule has 0 atom stereocenters. The molecule has 0 aliphatic carbocycles. The van der Waals surface area contributed by atoms with Gasteiger partial charge in [0.1, 0.15) is 71.0 Å². The molecule has 0 radical (unpaired) electrons. The molecule has 1 aliphatic heterocycles. The lowest BCUT2D eigenvalue weighted by molar-refractivity contribution is -0.389. The summed E-state index contributed by atoms with van der Waals surface area (Å²) in [5.74, 6) is -70.6. The maximum absolute atomic E-state index is 15.4. The van der Waals surface area contributed by atoms with Crippen molar-refractivity contribution in [3.05, 3.63) is 182 Å². The molecule has 0 N–H and O–H groups in total. The Hall–Kier alpha value is -6.88. The van der Waals surface area contributed by atoms with Crippen LogP contribution in [0.2, 0.25) is 0 Å². The van der Waals surface area contributed by atoms with E-state index in [4.69, 9.17) is 4.74 Å². The monoisotopic (exact) mass is 931 g/mol. The zero-order valence-electron chi connectivity index (χ0n) is 31.0. The van der Waals surface area contributed by atoms with E-state index in [0.29, 0.717) is 0 Å². The summed E-state index contributed by atoms with van der Waals surface area (Å²) in [6.07, 6.45) is -7.22. The quantitative estimate of drug-likeness (QED) is 0.0555. The summed E-state index contributed by atoms with van der Waals surface area (Å²) in [5, 5.41) is 0. The van der Waals surface area contributed by atoms with Crippen molar-refractivity contribution in [2.24, 2.45) is 0 Å². The Balaban J connectivity index is 0.000000295. The Labute approximate surface area is 343 Å². The molecule has 0 aromatic heterocycles. The highest BCUT2D eigenvalue weighted by atomic mass is 19.2. The molecular formula is C40H14BF20NO2. The van der Waals surface area contributed by atoms with Gasteiger partial charge in [-0.25, -0.2) is 92.6 Å². The van der Waals surface area contributed by atoms with Crippen molar-refractivity contribution in [2.45, 2.75) is 0 Å². The molecule has 0 saturated heterocycles. The van der Waals surface area contributed by atoms with Crippen LogP contribution in [0.25, 0.3) is 0 Å². The van der Waals surface area contributed by atoms with Crippen LogP contribution in [-0.4, -0.2) is 36.5 Å². The molecule has 6 aromatic rings. The van der Waals surface area contributed by atoms with E-state index in [2.05, 4.69) is 0 Å². The van der Waals surface area contributed by atoms with E-state index in [-0.39, 0.29) is 5.91 Å². The Morgan fingerprint density at radius 3 is 0.891 bits per heavy atom. The van der Waals surface area contributed by atoms with Gasteiger partial charge in [-0.15, -0.1) is 21.9 Å². The van der Waals surface area contributed by atoms with E-state index in [1.54, 1.807) is 11.7 Å². The molecular weight excluding hydrogens is 917 g/mol. The Kier molecular flexibility index (Phi) is 12.1. The number of nitrogens with zero attached hydrogens (tertiary/aromatic N) is 1. The fourth-order valence-corrected chi connectivity index (χ4v) is 7.31. The molecule has 1 heterocycles. The summed E-state index contributed by atoms with van der Waals surface area (Å²) in [7, 11) is 3.45. The number of benzene rings is 6. The molecule has 24 heteroatoms. The van der Waals surface area contributed by atoms with E-state index in [1.807, 2.05) is 55.6 Å². The smallest absolute Gasteiger partial charge is 0.420 e. The minimum atomic E-state index is -7.22. The van der Waals surface area contributed by atoms with Gasteiger partial charge in [0, 0.05) is 5.56 Å². The van der Waals surface area contributed by atoms with Gasteiger partial charge in [0.15, 0.2) is 69.8 Å². The first-order valence-electron chi connectivity index (χ1n) is 17.0. The van der Waals surface area contributed by atoms with Gasteiger partial charge in [-0.3, -0.25) is 0 Å². The molecule has 0 unspecified atom stereocenters. The predicted octanol–water partition coefficient (Wildman–Crippen LogP) is 8.17. The summed E-state index contributed by atoms with van der Waals surface area (Å²) >= 11 is 0. The molecule has 0 spiro atoms. The second-order valence-corrected chi connectivity index (χ2v) is 13.3. The van der Waals surface area contributed by atoms with Crippen molar-refractivity contribution in [3.8, 4) is 5.75 Å². The zero-order valence-corrected chi connectivity index (χ0v) is 31.0. The summed E-state index contributed by atoms with van der Waals surface area (Å²) in [4.78, 5) is 12.2. The average molecular weight is 931 g/mol. The average Bonchev–Trinajstić information content (AvgIpc) is 3.54. The fraction of sp³-hybridized carbons (Fsp3) is 0.0500. The number of halogens is 20. The Morgan fingerprint density at radius 1 is 0.375 bits per heavy atom. The third-order valence-electron chi connectivity index (χ3n) is 10.1. The van der Waals surface area contributed by atoms with Crippen LogP contribution >= 0.6 is 0 Å². The fourth-order valence-electron chi connectivity index (χ4n) is 7.31. The highest BCUT2D eigenvalue weighted by molar-refractivity contribution is 7.20. The van der Waals surface area contributed by atoms with Gasteiger partial charge in [-0.05, 0) is 36.4 Å². The number of hydrogen-bond donors (Lipinski definition) is 0. The molecule has 1 amide bonds. The van der Waals surface area contributed by atoms with E-state index in [1.165, 1.54) is 0 Å². The SMILES string of the molecule is COc1ccc(C2=[N+](C)C(=O)c3ccccc32)cc1.Fc1c(F)c(F)c([B-](c2c(F)c(F)c(F)c(F)c2F)(c2c(F)c(F)c(F)c(F)c2F)c2c(F)c(F)c(F)c(F)c2F)c(F)c1F. The molecule has 334 valence electrons. The minimum Gasteiger partial charge on any atom is -0.497 e. The maximum atomic E-state index is 15.4. The van der Waals surface area contributed by atoms with Crippen molar-refractivity contribution < 1.29 is 102 Å². The molecule has 0 fully saturated rings. The third kappa shape index (κ3) is 6.63. The summed E-state index contributed by atoms with van der Waals surface area (Å²) in [6.45, 7) is 0. The molecule has 6 aromatic carbocycles. The maximum Gasteiger partial charge on any atom is 0.420 e. The summed E-state index contributed by atoms with van der Waals surface area (Å²) < 4.78 is 301. The minimum absolute atomic E-state index is 0.0430. The third-order valence-corrected chi connectivity index (χ3v) is 10.1. The molecule has 0 bridgehead atoms. The van der Waals surface area contributed by atoms with Crippen LogP contribution in [-0.2, 0) is 0 Å². The van der Waals surface area contributed by atoms with Gasteiger partial charge in [0.2, 0.25) is 5.71 Å². The molecule has 7 rings (SSSR count). The van der Waals surface area contributed by atoms with Gasteiger partial charge in [-0.1, -0.05) is 12.1 Å². The van der Waals surface area contributed by atoms with Crippen LogP contribution in [0.5, 0.6) is 5.75 Å². The van der Waals surface area contributed by atoms with Crippen molar-refractivity contribution in [1.82, 2.24) is 0 Å². The number of carbonyl (C=O) groups excluding carboxylic acids is 1. The standard InChI is InChI=1S/C24BF20.C16H14NO2/c26-5-1(6(27)14(35)21(42)13(5)34)25(2-7(28)15(36)22(43)16(37)8(2)29,3-9(30)17(38)23(44)18(39)10(3)31)4-11(32)19(40)24(45)20(41)12(4)33;1-17-15(11-7-9-12(19-2)10-8-11)13-5-3-4-6-14(13)16(17)18/h;3-10H,1-2H3/q-1;+1. The molecule has 1 aliphatic rings. The number of hydrogen-bond acceptors (Lipinski definition) is 2. The van der Waals surface area contributed by atoms with Crippen molar-refractivity contribution >= 4 is 39.6 Å². The zero-order chi connectivity index (χ0) is 47.8. The number of fused-ring (bicyclic) bond motifs is 1. The van der Waals surface area contributed by atoms with Crippen molar-refractivity contribution in [3.63, 3.8) is 0 Å². The predicted molar refractivity (Wildman–Crippen MR) is 182 cm³/mol. The van der Waals surface area contributed by atoms with E-state index in [0.717, 1.165) is 28.2 Å². The van der Waals surface area contributed by atoms with Gasteiger partial charge in [0.25, 0.3) is 0 Å². The highest BCUT2D eigenvalue weighted by Gasteiger charge is 2.52. The highest BCUT2D eigenvalue weighted by Crippen LogP contribution is 2.31. The summed E-state index contributed by atoms with van der Waals surface area (Å²) in [5.41, 5.74) is -10.6.